The van der Waals surface area contributed by atoms with E-state index in [1.54, 1.807) is 0 Å². The minimum atomic E-state index is -0.500. The maximum atomic E-state index is 3.44. The molecule has 0 rings (SSSR count). The third-order valence-corrected chi connectivity index (χ3v) is 0. The van der Waals surface area contributed by atoms with Gasteiger partial charge >= 0.3 is 65.4 Å². The maximum Gasteiger partial charge on any atom is 3.00 e. The van der Waals surface area contributed by atoms with E-state index in [-0.39, 0.29) is 98.1 Å². The summed E-state index contributed by atoms with van der Waals surface area (Å²) >= 11 is 0. The maximum absolute atomic E-state index is 3.44. The van der Waals surface area contributed by atoms with Crippen molar-refractivity contribution in [2.45, 2.75) is 27.7 Å². The van der Waals surface area contributed by atoms with Crippen molar-refractivity contribution in [1.82, 2.24) is 0 Å². The van der Waals surface area contributed by atoms with Gasteiger partial charge in [-0.15, -0.1) is 0 Å². The van der Waals surface area contributed by atoms with Crippen molar-refractivity contribution in [3.63, 3.8) is 0 Å². The molecule has 0 unspecified atom stereocenters. The first-order chi connectivity index (χ1) is 4.83. The van der Waals surface area contributed by atoms with Crippen molar-refractivity contribution < 1.29 is 98.1 Å². The number of hydrogen-bond acceptors (Lipinski definition) is 0. The molecule has 0 nitrogen and oxygen atoms in total. The van der Waals surface area contributed by atoms with E-state index in [0.717, 1.165) is 0 Å². The molecule has 0 spiro atoms. The van der Waals surface area contributed by atoms with Crippen molar-refractivity contribution in [3.8, 4) is 0 Å². The molecule has 0 aromatic heterocycles. The molecule has 0 aliphatic rings. The van der Waals surface area contributed by atoms with Crippen LogP contribution in [0.4, 0.5) is 0 Å². The van der Waals surface area contributed by atoms with E-state index in [1.165, 1.54) is 0 Å². The average Bonchev–Trinajstić information content (AvgIpc) is 1.62. The summed E-state index contributed by atoms with van der Waals surface area (Å²) in [7, 11) is 0. The SMILES string of the molecule is C[CH-]C.C[CH-]C.[CH2-]C([CH2-])([CH2-])[CH2-].[Y+3].[Y+3].[Y]. The molecule has 1 radical (unpaired) electrons. The molecule has 0 aromatic carbocycles. The minimum absolute atomic E-state index is 0. The second-order valence-electron chi connectivity index (χ2n) is 2.65. The molecule has 0 aliphatic heterocycles. The van der Waals surface area contributed by atoms with Crippen LogP contribution < -0.4 is 0 Å². The van der Waals surface area contributed by atoms with Crippen molar-refractivity contribution in [1.29, 1.82) is 0 Å². The molecule has 0 heterocycles. The topological polar surface area (TPSA) is 0 Å². The monoisotopic (exact) mass is 421 g/mol. The third kappa shape index (κ3) is 286. The molecule has 14 heavy (non-hydrogen) atoms. The van der Waals surface area contributed by atoms with Crippen LogP contribution in [0.1, 0.15) is 27.7 Å². The summed E-state index contributed by atoms with van der Waals surface area (Å²) in [6.45, 7) is 21.8. The molecule has 0 saturated carbocycles. The third-order valence-electron chi connectivity index (χ3n) is 0. The van der Waals surface area contributed by atoms with Crippen LogP contribution in [0.2, 0.25) is 0 Å². The van der Waals surface area contributed by atoms with Gasteiger partial charge in [0, 0.05) is 32.7 Å². The van der Waals surface area contributed by atoms with E-state index in [2.05, 4.69) is 27.7 Å². The summed E-state index contributed by atoms with van der Waals surface area (Å²) in [4.78, 5) is 0. The Morgan fingerprint density at radius 2 is 0.714 bits per heavy atom. The molecule has 0 aliphatic carbocycles. The van der Waals surface area contributed by atoms with Crippen LogP contribution in [0, 0.1) is 46.0 Å². The quantitative estimate of drug-likeness (QED) is 0.523. The van der Waals surface area contributed by atoms with Gasteiger partial charge in [-0.2, -0.15) is 27.7 Å². The number of rotatable bonds is 0. The van der Waals surface area contributed by atoms with E-state index >= 15 is 0 Å². The fraction of sp³-hybridized carbons (Fsp3) is 0.455. The predicted octanol–water partition coefficient (Wildman–Crippen LogP) is 3.76. The summed E-state index contributed by atoms with van der Waals surface area (Å²) in [6, 6.07) is 0. The van der Waals surface area contributed by atoms with E-state index in [4.69, 9.17) is 0 Å². The molecule has 0 amide bonds. The molecule has 0 atom stereocenters. The van der Waals surface area contributed by atoms with Gasteiger partial charge in [-0.25, -0.2) is 0 Å². The molecular weight excluding hydrogens is 399 g/mol. The summed E-state index contributed by atoms with van der Waals surface area (Å²) in [5.41, 5.74) is -0.500. The first-order valence-electron chi connectivity index (χ1n) is 3.72. The van der Waals surface area contributed by atoms with Gasteiger partial charge in [0.15, 0.2) is 0 Å². The smallest absolute Gasteiger partial charge is 0.584 e. The van der Waals surface area contributed by atoms with Crippen molar-refractivity contribution in [2.75, 3.05) is 0 Å². The van der Waals surface area contributed by atoms with Gasteiger partial charge in [-0.3, -0.25) is 0 Å². The molecule has 0 N–H and O–H groups in total. The largest absolute Gasteiger partial charge is 3.00 e. The van der Waals surface area contributed by atoms with Gasteiger partial charge in [0.1, 0.15) is 0 Å². The van der Waals surface area contributed by atoms with Crippen LogP contribution >= 0.6 is 0 Å². The van der Waals surface area contributed by atoms with E-state index in [1.807, 2.05) is 40.5 Å². The number of hydrogen-bond donors (Lipinski definition) is 0. The van der Waals surface area contributed by atoms with E-state index in [0.29, 0.717) is 0 Å². The Balaban J connectivity index is -0.0000000162. The Labute approximate surface area is 169 Å². The Bertz CT molecular complexity index is 41.0. The van der Waals surface area contributed by atoms with Crippen molar-refractivity contribution in [3.05, 3.63) is 40.5 Å². The van der Waals surface area contributed by atoms with Gasteiger partial charge in [0.05, 0.1) is 0 Å². The fourth-order valence-corrected chi connectivity index (χ4v) is 0. The summed E-state index contributed by atoms with van der Waals surface area (Å²) in [5.74, 6) is 0. The first-order valence-corrected chi connectivity index (χ1v) is 3.72. The second-order valence-corrected chi connectivity index (χ2v) is 2.65. The van der Waals surface area contributed by atoms with Crippen molar-refractivity contribution in [2.24, 2.45) is 5.41 Å². The van der Waals surface area contributed by atoms with Gasteiger partial charge in [0.2, 0.25) is 0 Å². The zero-order valence-corrected chi connectivity index (χ0v) is 18.7. The molecule has 0 aromatic rings. The summed E-state index contributed by atoms with van der Waals surface area (Å²) in [5, 5.41) is 0. The Kier molecular flexibility index (Phi) is 76.9. The molecule has 75 valence electrons. The van der Waals surface area contributed by atoms with Gasteiger partial charge in [0.25, 0.3) is 0 Å². The van der Waals surface area contributed by atoms with Crippen LogP contribution in [0.5, 0.6) is 0 Å². The van der Waals surface area contributed by atoms with E-state index < -0.39 is 5.41 Å². The standard InChI is InChI=1S/C5H8.2C3H7.3Y/c1-5(2,3)4;2*1-3-2;;;/h1-4H2;2*3H,1-2H3;;;/q-4;2*-1;;2*+3. The van der Waals surface area contributed by atoms with Crippen LogP contribution in [-0.2, 0) is 98.1 Å². The molecule has 0 fully saturated rings. The molecule has 0 bridgehead atoms. The van der Waals surface area contributed by atoms with E-state index in [9.17, 15) is 0 Å². The Morgan fingerprint density at radius 1 is 0.714 bits per heavy atom. The molecular formula is C11H22Y3. The van der Waals surface area contributed by atoms with Gasteiger partial charge < -0.3 is 46.0 Å². The summed E-state index contributed by atoms with van der Waals surface area (Å²) in [6.07, 6.45) is 4.00. The van der Waals surface area contributed by atoms with Crippen molar-refractivity contribution >= 4 is 0 Å². The first kappa shape index (κ1) is 36.0. The van der Waals surface area contributed by atoms with Gasteiger partial charge in [-0.05, 0) is 0 Å². The van der Waals surface area contributed by atoms with Crippen LogP contribution in [-0.4, -0.2) is 0 Å². The van der Waals surface area contributed by atoms with Crippen LogP contribution in [0.15, 0.2) is 0 Å². The zero-order chi connectivity index (χ0) is 9.91. The second kappa shape index (κ2) is 29.9. The van der Waals surface area contributed by atoms with Crippen LogP contribution in [0.25, 0.3) is 0 Å². The zero-order valence-electron chi connectivity index (χ0n) is 10.2. The summed E-state index contributed by atoms with van der Waals surface area (Å²) < 4.78 is 0. The van der Waals surface area contributed by atoms with Gasteiger partial charge in [-0.1, -0.05) is 0 Å². The Morgan fingerprint density at radius 3 is 0.714 bits per heavy atom. The molecule has 0 saturated heterocycles. The van der Waals surface area contributed by atoms with Crippen LogP contribution in [0.3, 0.4) is 0 Å². The molecule has 3 heteroatoms. The Hall–Kier alpha value is 3.31. The normalized spacial score (nSPS) is 6.86. The average molecular weight is 421 g/mol. The predicted molar refractivity (Wildman–Crippen MR) is 55.2 cm³/mol. The fourth-order valence-electron chi connectivity index (χ4n) is 0. The minimum Gasteiger partial charge on any atom is -0.584 e.